The van der Waals surface area contributed by atoms with Gasteiger partial charge in [0.2, 0.25) is 5.91 Å². The quantitative estimate of drug-likeness (QED) is 0.693. The van der Waals surface area contributed by atoms with E-state index in [-0.39, 0.29) is 11.7 Å². The predicted octanol–water partition coefficient (Wildman–Crippen LogP) is 2.93. The van der Waals surface area contributed by atoms with Crippen LogP contribution >= 0.6 is 0 Å². The molecule has 0 unspecified atom stereocenters. The van der Waals surface area contributed by atoms with Gasteiger partial charge in [0, 0.05) is 11.5 Å². The molecule has 27 heavy (non-hydrogen) atoms. The number of para-hydroxylation sites is 1. The molecule has 1 heterocycles. The van der Waals surface area contributed by atoms with Crippen molar-refractivity contribution in [1.29, 1.82) is 0 Å². The standard InChI is InChI=1S/C20H23N5O2/c1-13(2)14-8-10-16(11-9-14)21-20(26)17(19-22-24-25-23-19)12-15-6-4-5-7-18(15)27-3/h4-11,13,17H,12H2,1-3H3,(H2,21,22,23,24,25,26)/p-1/t17-/m0/s1. The lowest BCUT2D eigenvalue weighted by Crippen LogP contribution is -2.24. The summed E-state index contributed by atoms with van der Waals surface area (Å²) >= 11 is 0. The molecule has 0 saturated heterocycles. The number of nitrogens with one attached hydrogen (secondary N) is 1. The van der Waals surface area contributed by atoms with Gasteiger partial charge in [0.1, 0.15) is 5.75 Å². The van der Waals surface area contributed by atoms with Crippen LogP contribution < -0.4 is 15.2 Å². The lowest BCUT2D eigenvalue weighted by molar-refractivity contribution is -0.117. The first-order valence-corrected chi connectivity index (χ1v) is 8.79. The number of amides is 1. The van der Waals surface area contributed by atoms with Crippen molar-refractivity contribution in [3.63, 3.8) is 0 Å². The lowest BCUT2D eigenvalue weighted by Gasteiger charge is -2.18. The lowest BCUT2D eigenvalue weighted by atomic mass is 9.96. The van der Waals surface area contributed by atoms with Gasteiger partial charge in [0.15, 0.2) is 0 Å². The molecule has 0 saturated carbocycles. The third kappa shape index (κ3) is 4.49. The normalized spacial score (nSPS) is 12.0. The van der Waals surface area contributed by atoms with E-state index in [0.717, 1.165) is 11.3 Å². The van der Waals surface area contributed by atoms with Crippen LogP contribution in [0.3, 0.4) is 0 Å². The van der Waals surface area contributed by atoms with Crippen LogP contribution in [0.5, 0.6) is 5.75 Å². The molecule has 0 aliphatic heterocycles. The number of carbonyl (C=O) groups excluding carboxylic acids is 1. The Hall–Kier alpha value is -3.22. The minimum atomic E-state index is -0.624. The molecule has 0 spiro atoms. The molecule has 1 aromatic heterocycles. The Balaban J connectivity index is 1.81. The zero-order chi connectivity index (χ0) is 19.2. The van der Waals surface area contributed by atoms with E-state index in [9.17, 15) is 4.79 Å². The molecule has 0 radical (unpaired) electrons. The van der Waals surface area contributed by atoms with Gasteiger partial charge < -0.3 is 15.2 Å². The maximum Gasteiger partial charge on any atom is 0.232 e. The number of nitrogens with zero attached hydrogens (tertiary/aromatic N) is 4. The molecule has 1 amide bonds. The maximum absolute atomic E-state index is 12.9. The van der Waals surface area contributed by atoms with Gasteiger partial charge in [0.05, 0.1) is 13.0 Å². The summed E-state index contributed by atoms with van der Waals surface area (Å²) in [5.41, 5.74) is 2.83. The van der Waals surface area contributed by atoms with E-state index in [1.807, 2.05) is 48.5 Å². The first kappa shape index (κ1) is 18.6. The molecule has 140 valence electrons. The number of aromatic nitrogens is 4. The van der Waals surface area contributed by atoms with Crippen LogP contribution in [0.15, 0.2) is 48.5 Å². The molecule has 1 atom stereocenters. The van der Waals surface area contributed by atoms with Gasteiger partial charge in [-0.25, -0.2) is 0 Å². The first-order chi connectivity index (χ1) is 13.1. The Kier molecular flexibility index (Phi) is 5.80. The second-order valence-electron chi connectivity index (χ2n) is 6.57. The number of anilines is 1. The Morgan fingerprint density at radius 3 is 2.52 bits per heavy atom. The number of tetrazole rings is 1. The minimum absolute atomic E-state index is 0.215. The van der Waals surface area contributed by atoms with Crippen molar-refractivity contribution in [2.45, 2.75) is 32.1 Å². The fourth-order valence-electron chi connectivity index (χ4n) is 2.86. The SMILES string of the molecule is COc1ccccc1C[C@H](C(=O)Nc1ccc(C(C)C)cc1)c1nnn[n-]1. The smallest absolute Gasteiger partial charge is 0.232 e. The summed E-state index contributed by atoms with van der Waals surface area (Å²) in [6.07, 6.45) is 0.382. The third-order valence-electron chi connectivity index (χ3n) is 4.42. The van der Waals surface area contributed by atoms with Crippen LogP contribution in [0.25, 0.3) is 0 Å². The number of carbonyl (C=O) groups is 1. The Morgan fingerprint density at radius 2 is 1.89 bits per heavy atom. The highest BCUT2D eigenvalue weighted by Crippen LogP contribution is 2.26. The van der Waals surface area contributed by atoms with Gasteiger partial charge in [-0.2, -0.15) is 5.21 Å². The number of methoxy groups -OCH3 is 1. The topological polar surface area (TPSA) is 91.1 Å². The van der Waals surface area contributed by atoms with Crippen molar-refractivity contribution < 1.29 is 9.53 Å². The Labute approximate surface area is 158 Å². The van der Waals surface area contributed by atoms with Crippen molar-refractivity contribution in [2.24, 2.45) is 0 Å². The first-order valence-electron chi connectivity index (χ1n) is 8.79. The van der Waals surface area contributed by atoms with Gasteiger partial charge in [0.25, 0.3) is 0 Å². The molecule has 7 heteroatoms. The highest BCUT2D eigenvalue weighted by molar-refractivity contribution is 5.95. The molecule has 0 aliphatic rings. The highest BCUT2D eigenvalue weighted by Gasteiger charge is 2.22. The summed E-state index contributed by atoms with van der Waals surface area (Å²) in [7, 11) is 1.60. The monoisotopic (exact) mass is 364 g/mol. The van der Waals surface area contributed by atoms with Gasteiger partial charge >= 0.3 is 0 Å². The second kappa shape index (κ2) is 8.44. The Morgan fingerprint density at radius 1 is 1.15 bits per heavy atom. The molecule has 2 aromatic carbocycles. The number of hydrogen-bond acceptors (Lipinski definition) is 5. The molecule has 1 N–H and O–H groups in total. The van der Waals surface area contributed by atoms with Crippen molar-refractivity contribution in [3.05, 3.63) is 65.5 Å². The van der Waals surface area contributed by atoms with Crippen LogP contribution in [0.2, 0.25) is 0 Å². The maximum atomic E-state index is 12.9. The van der Waals surface area contributed by atoms with E-state index in [4.69, 9.17) is 4.74 Å². The Bertz CT molecular complexity index is 876. The highest BCUT2D eigenvalue weighted by atomic mass is 16.5. The van der Waals surface area contributed by atoms with Crippen molar-refractivity contribution in [3.8, 4) is 5.75 Å². The molecular formula is C20H22N5O2-. The minimum Gasteiger partial charge on any atom is -0.496 e. The second-order valence-corrected chi connectivity index (χ2v) is 6.57. The molecule has 7 nitrogen and oxygen atoms in total. The van der Waals surface area contributed by atoms with Crippen molar-refractivity contribution in [2.75, 3.05) is 12.4 Å². The summed E-state index contributed by atoms with van der Waals surface area (Å²) in [4.78, 5) is 12.9. The fourth-order valence-corrected chi connectivity index (χ4v) is 2.86. The van der Waals surface area contributed by atoms with Crippen molar-refractivity contribution in [1.82, 2.24) is 20.6 Å². The zero-order valence-electron chi connectivity index (χ0n) is 15.6. The average molecular weight is 364 g/mol. The van der Waals surface area contributed by atoms with Gasteiger partial charge in [-0.1, -0.05) is 44.2 Å². The van der Waals surface area contributed by atoms with Gasteiger partial charge in [-0.05, 0) is 41.7 Å². The number of ether oxygens (including phenoxy) is 1. The van der Waals surface area contributed by atoms with E-state index in [1.54, 1.807) is 7.11 Å². The number of rotatable bonds is 7. The van der Waals surface area contributed by atoms with Crippen molar-refractivity contribution >= 4 is 11.6 Å². The molecule has 0 fully saturated rings. The summed E-state index contributed by atoms with van der Waals surface area (Å²) < 4.78 is 5.39. The number of hydrogen-bond donors (Lipinski definition) is 1. The predicted molar refractivity (Wildman–Crippen MR) is 102 cm³/mol. The van der Waals surface area contributed by atoms with E-state index < -0.39 is 5.92 Å². The fraction of sp³-hybridized carbons (Fsp3) is 0.300. The van der Waals surface area contributed by atoms with Crippen LogP contribution in [-0.2, 0) is 11.2 Å². The molecule has 0 bridgehead atoms. The van der Waals surface area contributed by atoms with E-state index in [0.29, 0.717) is 18.1 Å². The van der Waals surface area contributed by atoms with Crippen LogP contribution in [-0.4, -0.2) is 28.5 Å². The summed E-state index contributed by atoms with van der Waals surface area (Å²) in [5.74, 6) is 0.596. The van der Waals surface area contributed by atoms with Gasteiger partial charge in [-0.3, -0.25) is 15.1 Å². The van der Waals surface area contributed by atoms with Crippen LogP contribution in [0.4, 0.5) is 5.69 Å². The number of benzene rings is 2. The summed E-state index contributed by atoms with van der Waals surface area (Å²) in [6.45, 7) is 4.26. The van der Waals surface area contributed by atoms with E-state index in [2.05, 4.69) is 39.8 Å². The molecular weight excluding hydrogens is 342 g/mol. The van der Waals surface area contributed by atoms with E-state index in [1.165, 1.54) is 5.56 Å². The third-order valence-corrected chi connectivity index (χ3v) is 4.42. The summed E-state index contributed by atoms with van der Waals surface area (Å²) in [6, 6.07) is 15.4. The average Bonchev–Trinajstić information content (AvgIpc) is 3.21. The molecule has 0 aliphatic carbocycles. The largest absolute Gasteiger partial charge is 0.496 e. The zero-order valence-corrected chi connectivity index (χ0v) is 15.6. The molecule has 3 aromatic rings. The molecule has 3 rings (SSSR count). The van der Waals surface area contributed by atoms with Crippen LogP contribution in [0.1, 0.15) is 42.6 Å². The van der Waals surface area contributed by atoms with Gasteiger partial charge in [-0.15, -0.1) is 0 Å². The summed E-state index contributed by atoms with van der Waals surface area (Å²) in [5, 5.41) is 17.8. The van der Waals surface area contributed by atoms with Crippen LogP contribution in [0, 0.1) is 0 Å². The van der Waals surface area contributed by atoms with E-state index >= 15 is 0 Å².